The van der Waals surface area contributed by atoms with E-state index in [4.69, 9.17) is 9.47 Å². The highest BCUT2D eigenvalue weighted by Gasteiger charge is 2.47. The van der Waals surface area contributed by atoms with E-state index in [1.54, 1.807) is 0 Å². The van der Waals surface area contributed by atoms with Crippen LogP contribution >= 0.6 is 0 Å². The minimum Gasteiger partial charge on any atom is -0.444 e. The first kappa shape index (κ1) is 12.4. The van der Waals surface area contributed by atoms with Gasteiger partial charge in [-0.05, 0) is 20.8 Å². The molecule has 2 heterocycles. The summed E-state index contributed by atoms with van der Waals surface area (Å²) in [7, 11) is 0. The summed E-state index contributed by atoms with van der Waals surface area (Å²) in [5.74, 6) is 0.0883. The SMILES string of the molecule is CC(C)(C)OC(=O)N1CC(=O)CC2(COC2)C1. The molecule has 0 radical (unpaired) electrons. The summed E-state index contributed by atoms with van der Waals surface area (Å²) in [6, 6.07) is 0. The van der Waals surface area contributed by atoms with Gasteiger partial charge in [0.15, 0.2) is 5.78 Å². The summed E-state index contributed by atoms with van der Waals surface area (Å²) in [4.78, 5) is 25.0. The average molecular weight is 241 g/mol. The van der Waals surface area contributed by atoms with Crippen molar-refractivity contribution in [2.45, 2.75) is 32.8 Å². The van der Waals surface area contributed by atoms with Crippen molar-refractivity contribution in [3.63, 3.8) is 0 Å². The lowest BCUT2D eigenvalue weighted by molar-refractivity contribution is -0.158. The molecule has 5 heteroatoms. The smallest absolute Gasteiger partial charge is 0.410 e. The highest BCUT2D eigenvalue weighted by molar-refractivity contribution is 5.86. The van der Waals surface area contributed by atoms with Gasteiger partial charge in [-0.15, -0.1) is 0 Å². The van der Waals surface area contributed by atoms with E-state index in [0.29, 0.717) is 26.2 Å². The van der Waals surface area contributed by atoms with Crippen LogP contribution < -0.4 is 0 Å². The van der Waals surface area contributed by atoms with Gasteiger partial charge in [-0.25, -0.2) is 4.79 Å². The maximum atomic E-state index is 11.9. The zero-order chi connectivity index (χ0) is 12.7. The number of carbonyl (C=O) groups excluding carboxylic acids is 2. The number of likely N-dealkylation sites (tertiary alicyclic amines) is 1. The second-order valence-electron chi connectivity index (χ2n) is 6.04. The molecule has 0 aromatic carbocycles. The van der Waals surface area contributed by atoms with Gasteiger partial charge >= 0.3 is 6.09 Å². The van der Waals surface area contributed by atoms with Crippen LogP contribution in [0.4, 0.5) is 4.79 Å². The number of Topliss-reactive ketones (excluding diaryl/α,β-unsaturated/α-hetero) is 1. The van der Waals surface area contributed by atoms with Crippen LogP contribution in [0.2, 0.25) is 0 Å². The van der Waals surface area contributed by atoms with Crippen molar-refractivity contribution in [1.82, 2.24) is 4.90 Å². The summed E-state index contributed by atoms with van der Waals surface area (Å²) in [6.07, 6.45) is 0.114. The van der Waals surface area contributed by atoms with Crippen LogP contribution in [0.1, 0.15) is 27.2 Å². The van der Waals surface area contributed by atoms with E-state index in [1.165, 1.54) is 4.90 Å². The zero-order valence-corrected chi connectivity index (χ0v) is 10.6. The van der Waals surface area contributed by atoms with Gasteiger partial charge in [-0.3, -0.25) is 4.79 Å². The quantitative estimate of drug-likeness (QED) is 0.639. The highest BCUT2D eigenvalue weighted by atomic mass is 16.6. The van der Waals surface area contributed by atoms with E-state index >= 15 is 0 Å². The van der Waals surface area contributed by atoms with Crippen molar-refractivity contribution in [3.8, 4) is 0 Å². The summed E-state index contributed by atoms with van der Waals surface area (Å²) in [5.41, 5.74) is -0.674. The zero-order valence-electron chi connectivity index (χ0n) is 10.6. The molecule has 17 heavy (non-hydrogen) atoms. The summed E-state index contributed by atoms with van der Waals surface area (Å²) >= 11 is 0. The molecule has 0 aliphatic carbocycles. The lowest BCUT2D eigenvalue weighted by Gasteiger charge is -2.47. The van der Waals surface area contributed by atoms with E-state index in [-0.39, 0.29) is 17.7 Å². The lowest BCUT2D eigenvalue weighted by atomic mass is 9.78. The maximum absolute atomic E-state index is 11.9. The fourth-order valence-corrected chi connectivity index (χ4v) is 2.24. The molecule has 2 saturated heterocycles. The van der Waals surface area contributed by atoms with E-state index < -0.39 is 11.7 Å². The molecule has 1 amide bonds. The molecule has 0 aromatic rings. The number of carbonyl (C=O) groups is 2. The molecule has 0 N–H and O–H groups in total. The minimum absolute atomic E-state index is 0.0883. The third kappa shape index (κ3) is 2.77. The Morgan fingerprint density at radius 2 is 2.06 bits per heavy atom. The third-order valence-corrected chi connectivity index (χ3v) is 2.93. The van der Waals surface area contributed by atoms with E-state index in [0.717, 1.165) is 0 Å². The number of nitrogens with zero attached hydrogens (tertiary/aromatic N) is 1. The van der Waals surface area contributed by atoms with Crippen molar-refractivity contribution in [1.29, 1.82) is 0 Å². The van der Waals surface area contributed by atoms with Gasteiger partial charge in [-0.1, -0.05) is 0 Å². The van der Waals surface area contributed by atoms with Crippen LogP contribution in [0.5, 0.6) is 0 Å². The number of piperidine rings is 1. The first-order chi connectivity index (χ1) is 7.80. The van der Waals surface area contributed by atoms with Gasteiger partial charge in [-0.2, -0.15) is 0 Å². The molecule has 1 spiro atoms. The lowest BCUT2D eigenvalue weighted by Crippen LogP contribution is -2.58. The monoisotopic (exact) mass is 241 g/mol. The fraction of sp³-hybridized carbons (Fsp3) is 0.833. The second-order valence-corrected chi connectivity index (χ2v) is 6.04. The van der Waals surface area contributed by atoms with Crippen LogP contribution in [0.15, 0.2) is 0 Å². The summed E-state index contributed by atoms with van der Waals surface area (Å²) in [5, 5.41) is 0. The summed E-state index contributed by atoms with van der Waals surface area (Å²) < 4.78 is 10.4. The van der Waals surface area contributed by atoms with Gasteiger partial charge in [0.1, 0.15) is 5.60 Å². The molecule has 2 aliphatic heterocycles. The Hall–Kier alpha value is -1.10. The number of ether oxygens (including phenoxy) is 2. The van der Waals surface area contributed by atoms with Crippen LogP contribution in [0.3, 0.4) is 0 Å². The van der Waals surface area contributed by atoms with Gasteiger partial charge in [0.05, 0.1) is 19.8 Å². The molecule has 0 saturated carbocycles. The first-order valence-electron chi connectivity index (χ1n) is 5.87. The maximum Gasteiger partial charge on any atom is 0.410 e. The molecule has 5 nitrogen and oxygen atoms in total. The van der Waals surface area contributed by atoms with Gasteiger partial charge in [0, 0.05) is 18.4 Å². The van der Waals surface area contributed by atoms with Crippen molar-refractivity contribution >= 4 is 11.9 Å². The van der Waals surface area contributed by atoms with E-state index in [9.17, 15) is 9.59 Å². The van der Waals surface area contributed by atoms with Gasteiger partial charge in [0.2, 0.25) is 0 Å². The Kier molecular flexibility index (Phi) is 2.89. The first-order valence-corrected chi connectivity index (χ1v) is 5.87. The Labute approximate surface area is 101 Å². The molecule has 0 aromatic heterocycles. The van der Waals surface area contributed by atoms with Crippen LogP contribution in [0, 0.1) is 5.41 Å². The molecule has 2 aliphatic rings. The molecule has 0 unspecified atom stereocenters. The Balaban J connectivity index is 2.00. The number of hydrogen-bond acceptors (Lipinski definition) is 4. The molecular formula is C12H19NO4. The number of amides is 1. The van der Waals surface area contributed by atoms with Gasteiger partial charge in [0.25, 0.3) is 0 Å². The normalized spacial score (nSPS) is 23.5. The predicted octanol–water partition coefficient (Wildman–Crippen LogP) is 1.21. The van der Waals surface area contributed by atoms with Crippen molar-refractivity contribution in [2.24, 2.45) is 5.41 Å². The number of hydrogen-bond donors (Lipinski definition) is 0. The van der Waals surface area contributed by atoms with Crippen molar-refractivity contribution in [3.05, 3.63) is 0 Å². The van der Waals surface area contributed by atoms with Crippen LogP contribution in [-0.2, 0) is 14.3 Å². The molecule has 0 atom stereocenters. The van der Waals surface area contributed by atoms with Crippen LogP contribution in [0.25, 0.3) is 0 Å². The molecular weight excluding hydrogens is 222 g/mol. The average Bonchev–Trinajstić information content (AvgIpc) is 2.11. The highest BCUT2D eigenvalue weighted by Crippen LogP contribution is 2.36. The van der Waals surface area contributed by atoms with Crippen LogP contribution in [-0.4, -0.2) is 48.7 Å². The molecule has 2 rings (SSSR count). The van der Waals surface area contributed by atoms with E-state index in [1.807, 2.05) is 20.8 Å². The third-order valence-electron chi connectivity index (χ3n) is 2.93. The molecule has 2 fully saturated rings. The Morgan fingerprint density at radius 1 is 1.41 bits per heavy atom. The largest absolute Gasteiger partial charge is 0.444 e. The number of rotatable bonds is 0. The predicted molar refractivity (Wildman–Crippen MR) is 60.7 cm³/mol. The minimum atomic E-state index is -0.527. The fourth-order valence-electron chi connectivity index (χ4n) is 2.24. The van der Waals surface area contributed by atoms with Gasteiger partial charge < -0.3 is 14.4 Å². The molecule has 0 bridgehead atoms. The van der Waals surface area contributed by atoms with Crippen molar-refractivity contribution in [2.75, 3.05) is 26.3 Å². The molecule has 96 valence electrons. The standard InChI is InChI=1S/C12H19NO4/c1-11(2,3)17-10(15)13-5-9(14)4-12(6-13)7-16-8-12/h4-8H2,1-3H3. The summed E-state index contributed by atoms with van der Waals surface area (Å²) in [6.45, 7) is 7.32. The van der Waals surface area contributed by atoms with E-state index in [2.05, 4.69) is 0 Å². The number of ketones is 1. The van der Waals surface area contributed by atoms with Crippen molar-refractivity contribution < 1.29 is 19.1 Å². The second kappa shape index (κ2) is 3.98. The topological polar surface area (TPSA) is 55.8 Å². The Bertz CT molecular complexity index is 341. The Morgan fingerprint density at radius 3 is 2.53 bits per heavy atom.